The van der Waals surface area contributed by atoms with E-state index in [9.17, 15) is 0 Å². The van der Waals surface area contributed by atoms with Gasteiger partial charge < -0.3 is 10.1 Å². The van der Waals surface area contributed by atoms with Gasteiger partial charge in [-0.1, -0.05) is 25.8 Å². The van der Waals surface area contributed by atoms with Gasteiger partial charge in [0.1, 0.15) is 12.4 Å². The summed E-state index contributed by atoms with van der Waals surface area (Å²) < 4.78 is 6.05. The maximum absolute atomic E-state index is 6.05. The Morgan fingerprint density at radius 3 is 2.60 bits per heavy atom. The Bertz CT molecular complexity index is 410. The van der Waals surface area contributed by atoms with Gasteiger partial charge in [-0.3, -0.25) is 0 Å². The first kappa shape index (κ1) is 15.4. The van der Waals surface area contributed by atoms with Crippen molar-refractivity contribution in [1.29, 1.82) is 0 Å². The lowest BCUT2D eigenvalue weighted by atomic mass is 9.98. The third-order valence-electron chi connectivity index (χ3n) is 4.53. The second-order valence-corrected chi connectivity index (χ2v) is 6.16. The summed E-state index contributed by atoms with van der Waals surface area (Å²) in [6.45, 7) is 8.41. The molecule has 0 aromatic heterocycles. The summed E-state index contributed by atoms with van der Waals surface area (Å²) in [5, 5.41) is 3.68. The van der Waals surface area contributed by atoms with Gasteiger partial charge in [-0.25, -0.2) is 0 Å². The van der Waals surface area contributed by atoms with Crippen LogP contribution >= 0.6 is 0 Å². The van der Waals surface area contributed by atoms with Gasteiger partial charge in [0.05, 0.1) is 0 Å². The van der Waals surface area contributed by atoms with E-state index >= 15 is 0 Å². The Balaban J connectivity index is 1.91. The second kappa shape index (κ2) is 7.68. The van der Waals surface area contributed by atoms with Crippen molar-refractivity contribution in [3.63, 3.8) is 0 Å². The summed E-state index contributed by atoms with van der Waals surface area (Å²) >= 11 is 0. The fourth-order valence-electron chi connectivity index (χ4n) is 3.04. The minimum absolute atomic E-state index is 0.513. The zero-order valence-electron chi connectivity index (χ0n) is 13.2. The lowest BCUT2D eigenvalue weighted by Crippen LogP contribution is -2.40. The molecule has 2 heteroatoms. The minimum Gasteiger partial charge on any atom is -0.492 e. The Hall–Kier alpha value is -1.02. The summed E-state index contributed by atoms with van der Waals surface area (Å²) in [6, 6.07) is 6.91. The number of rotatable bonds is 7. The standard InChI is InChI=1S/C18H29NO/c1-4-11-19-18(16-7-5-6-8-16)13-20-17-10-9-14(2)15(3)12-17/h9-10,12,16,18-19H,4-8,11,13H2,1-3H3. The van der Waals surface area contributed by atoms with Crippen LogP contribution in [-0.4, -0.2) is 19.2 Å². The molecule has 0 radical (unpaired) electrons. The number of ether oxygens (including phenoxy) is 1. The van der Waals surface area contributed by atoms with Gasteiger partial charge in [-0.05, 0) is 68.8 Å². The number of benzene rings is 1. The van der Waals surface area contributed by atoms with Crippen molar-refractivity contribution in [2.24, 2.45) is 5.92 Å². The summed E-state index contributed by atoms with van der Waals surface area (Å²) in [5.41, 5.74) is 2.63. The van der Waals surface area contributed by atoms with Crippen molar-refractivity contribution < 1.29 is 4.74 Å². The van der Waals surface area contributed by atoms with E-state index in [0.29, 0.717) is 6.04 Å². The Morgan fingerprint density at radius 1 is 1.20 bits per heavy atom. The lowest BCUT2D eigenvalue weighted by molar-refractivity contribution is 0.217. The van der Waals surface area contributed by atoms with Gasteiger partial charge in [0.2, 0.25) is 0 Å². The van der Waals surface area contributed by atoms with Crippen LogP contribution in [0.25, 0.3) is 0 Å². The quantitative estimate of drug-likeness (QED) is 0.803. The van der Waals surface area contributed by atoms with E-state index in [1.54, 1.807) is 0 Å². The molecule has 1 aliphatic rings. The largest absolute Gasteiger partial charge is 0.492 e. The smallest absolute Gasteiger partial charge is 0.119 e. The van der Waals surface area contributed by atoms with Crippen LogP contribution in [-0.2, 0) is 0 Å². The van der Waals surface area contributed by atoms with Crippen molar-refractivity contribution in [3.8, 4) is 5.75 Å². The fraction of sp³-hybridized carbons (Fsp3) is 0.667. The SMILES string of the molecule is CCCNC(COc1ccc(C)c(C)c1)C1CCCC1. The zero-order valence-corrected chi connectivity index (χ0v) is 13.2. The van der Waals surface area contributed by atoms with Gasteiger partial charge in [-0.2, -0.15) is 0 Å². The molecule has 1 atom stereocenters. The Labute approximate surface area is 123 Å². The normalized spacial score (nSPS) is 17.4. The first-order valence-corrected chi connectivity index (χ1v) is 8.14. The van der Waals surface area contributed by atoms with Crippen molar-refractivity contribution in [2.75, 3.05) is 13.2 Å². The van der Waals surface area contributed by atoms with Gasteiger partial charge in [0.15, 0.2) is 0 Å². The van der Waals surface area contributed by atoms with Crippen LogP contribution in [0.4, 0.5) is 0 Å². The first-order valence-electron chi connectivity index (χ1n) is 8.14. The highest BCUT2D eigenvalue weighted by atomic mass is 16.5. The molecule has 2 nitrogen and oxygen atoms in total. The molecule has 20 heavy (non-hydrogen) atoms. The summed E-state index contributed by atoms with van der Waals surface area (Å²) in [7, 11) is 0. The highest BCUT2D eigenvalue weighted by Crippen LogP contribution is 2.28. The molecule has 0 spiro atoms. The van der Waals surface area contributed by atoms with Gasteiger partial charge in [0, 0.05) is 6.04 Å². The molecule has 0 bridgehead atoms. The van der Waals surface area contributed by atoms with Crippen LogP contribution in [0.2, 0.25) is 0 Å². The van der Waals surface area contributed by atoms with E-state index in [-0.39, 0.29) is 0 Å². The molecule has 1 unspecified atom stereocenters. The molecule has 112 valence electrons. The third kappa shape index (κ3) is 4.24. The number of hydrogen-bond acceptors (Lipinski definition) is 2. The van der Waals surface area contributed by atoms with Crippen molar-refractivity contribution in [1.82, 2.24) is 5.32 Å². The van der Waals surface area contributed by atoms with Gasteiger partial charge in [0.25, 0.3) is 0 Å². The van der Waals surface area contributed by atoms with Crippen LogP contribution in [0.1, 0.15) is 50.2 Å². The predicted octanol–water partition coefficient (Wildman–Crippen LogP) is 4.24. The Morgan fingerprint density at radius 2 is 1.95 bits per heavy atom. The highest BCUT2D eigenvalue weighted by Gasteiger charge is 2.24. The van der Waals surface area contributed by atoms with Crippen molar-refractivity contribution in [3.05, 3.63) is 29.3 Å². The molecule has 1 aromatic rings. The highest BCUT2D eigenvalue weighted by molar-refractivity contribution is 5.33. The monoisotopic (exact) mass is 275 g/mol. The number of hydrogen-bond donors (Lipinski definition) is 1. The molecule has 1 N–H and O–H groups in total. The summed E-state index contributed by atoms with van der Waals surface area (Å²) in [6.07, 6.45) is 6.68. The van der Waals surface area contributed by atoms with E-state index in [1.165, 1.54) is 43.2 Å². The van der Waals surface area contributed by atoms with Gasteiger partial charge >= 0.3 is 0 Å². The zero-order chi connectivity index (χ0) is 14.4. The Kier molecular flexibility index (Phi) is 5.90. The van der Waals surface area contributed by atoms with Crippen molar-refractivity contribution in [2.45, 2.75) is 58.9 Å². The van der Waals surface area contributed by atoms with E-state index in [0.717, 1.165) is 24.8 Å². The maximum Gasteiger partial charge on any atom is 0.119 e. The van der Waals surface area contributed by atoms with E-state index < -0.39 is 0 Å². The van der Waals surface area contributed by atoms with E-state index in [1.807, 2.05) is 0 Å². The fourth-order valence-corrected chi connectivity index (χ4v) is 3.04. The topological polar surface area (TPSA) is 21.3 Å². The molecule has 0 saturated heterocycles. The molecular formula is C18H29NO. The number of nitrogens with one attached hydrogen (secondary N) is 1. The van der Waals surface area contributed by atoms with Crippen LogP contribution in [0.15, 0.2) is 18.2 Å². The molecule has 0 heterocycles. The predicted molar refractivity (Wildman–Crippen MR) is 85.5 cm³/mol. The molecule has 1 aliphatic carbocycles. The minimum atomic E-state index is 0.513. The molecule has 2 rings (SSSR count). The average molecular weight is 275 g/mol. The summed E-state index contributed by atoms with van der Waals surface area (Å²) in [4.78, 5) is 0. The molecule has 1 saturated carbocycles. The molecule has 0 amide bonds. The second-order valence-electron chi connectivity index (χ2n) is 6.16. The van der Waals surface area contributed by atoms with E-state index in [4.69, 9.17) is 4.74 Å². The number of aryl methyl sites for hydroxylation is 2. The van der Waals surface area contributed by atoms with Crippen LogP contribution in [0.3, 0.4) is 0 Å². The lowest BCUT2D eigenvalue weighted by Gasteiger charge is -2.25. The maximum atomic E-state index is 6.05. The first-order chi connectivity index (χ1) is 9.70. The van der Waals surface area contributed by atoms with Crippen LogP contribution in [0, 0.1) is 19.8 Å². The van der Waals surface area contributed by atoms with E-state index in [2.05, 4.69) is 44.3 Å². The average Bonchev–Trinajstić information content (AvgIpc) is 2.97. The molecular weight excluding hydrogens is 246 g/mol. The van der Waals surface area contributed by atoms with Gasteiger partial charge in [-0.15, -0.1) is 0 Å². The molecule has 1 aromatic carbocycles. The van der Waals surface area contributed by atoms with Crippen LogP contribution in [0.5, 0.6) is 5.75 Å². The molecule has 0 aliphatic heterocycles. The summed E-state index contributed by atoms with van der Waals surface area (Å²) in [5.74, 6) is 1.81. The van der Waals surface area contributed by atoms with Crippen LogP contribution < -0.4 is 10.1 Å². The molecule has 1 fully saturated rings. The van der Waals surface area contributed by atoms with Crippen molar-refractivity contribution >= 4 is 0 Å². The third-order valence-corrected chi connectivity index (χ3v) is 4.53.